The van der Waals surface area contributed by atoms with Crippen LogP contribution in [-0.2, 0) is 6.54 Å². The Morgan fingerprint density at radius 3 is 1.82 bits per heavy atom. The third kappa shape index (κ3) is 8.39. The molecule has 1 aliphatic heterocycles. The molecule has 51 heavy (non-hydrogen) atoms. The highest BCUT2D eigenvalue weighted by Crippen LogP contribution is 2.25. The molecule has 1 heterocycles. The molecule has 0 aromatic heterocycles. The van der Waals surface area contributed by atoms with Crippen LogP contribution in [0.5, 0.6) is 0 Å². The van der Waals surface area contributed by atoms with Gasteiger partial charge in [0, 0.05) is 11.4 Å². The number of rotatable bonds is 10. The van der Waals surface area contributed by atoms with E-state index in [9.17, 15) is 0 Å². The van der Waals surface area contributed by atoms with Gasteiger partial charge in [-0.2, -0.15) is 0 Å². The maximum absolute atomic E-state index is 6.72. The Kier molecular flexibility index (Phi) is 10.2. The van der Waals surface area contributed by atoms with Crippen molar-refractivity contribution in [2.75, 3.05) is 0 Å². The first-order valence-electron chi connectivity index (χ1n) is 17.1. The van der Waals surface area contributed by atoms with E-state index in [1.54, 1.807) is 0 Å². The van der Waals surface area contributed by atoms with Gasteiger partial charge in [0.15, 0.2) is 5.96 Å². The van der Waals surface area contributed by atoms with Gasteiger partial charge in [-0.25, -0.2) is 4.99 Å². The Balaban J connectivity index is 1.14. The number of allylic oxidation sites excluding steroid dienone is 1. The van der Waals surface area contributed by atoms with Crippen molar-refractivity contribution in [1.82, 2.24) is 10.6 Å². The van der Waals surface area contributed by atoms with Crippen molar-refractivity contribution in [3.05, 3.63) is 215 Å². The van der Waals surface area contributed by atoms with Gasteiger partial charge in [-0.3, -0.25) is 4.99 Å². The maximum atomic E-state index is 6.72. The minimum absolute atomic E-state index is 0.0637. The predicted octanol–water partition coefficient (Wildman–Crippen LogP) is 8.63. The molecule has 0 radical (unpaired) electrons. The van der Waals surface area contributed by atoms with Crippen LogP contribution >= 0.6 is 0 Å². The second kappa shape index (κ2) is 15.8. The van der Waals surface area contributed by atoms with Crippen molar-refractivity contribution in [3.8, 4) is 11.1 Å². The smallest absolute Gasteiger partial charge is 0.198 e. The Morgan fingerprint density at radius 2 is 1.18 bits per heavy atom. The van der Waals surface area contributed by atoms with Crippen LogP contribution in [0.1, 0.15) is 45.6 Å². The van der Waals surface area contributed by atoms with Crippen molar-refractivity contribution < 1.29 is 0 Å². The molecule has 1 aliphatic rings. The molecule has 6 aromatic rings. The summed E-state index contributed by atoms with van der Waals surface area (Å²) in [6.07, 6.45) is 3.53. The normalized spacial score (nSPS) is 16.1. The molecular weight excluding hydrogens is 625 g/mol. The molecule has 250 valence electrons. The third-order valence-electron chi connectivity index (χ3n) is 8.83. The van der Waals surface area contributed by atoms with Crippen LogP contribution in [0.3, 0.4) is 0 Å². The first kappa shape index (κ1) is 33.0. The molecule has 2 atom stereocenters. The van der Waals surface area contributed by atoms with E-state index in [4.69, 9.17) is 21.5 Å². The summed E-state index contributed by atoms with van der Waals surface area (Å²) in [5.41, 5.74) is 24.2. The van der Waals surface area contributed by atoms with Crippen molar-refractivity contribution in [1.29, 1.82) is 0 Å². The monoisotopic (exact) mass is 664 g/mol. The second-order valence-electron chi connectivity index (χ2n) is 12.4. The zero-order chi connectivity index (χ0) is 34.8. The van der Waals surface area contributed by atoms with E-state index in [1.807, 2.05) is 103 Å². The van der Waals surface area contributed by atoms with E-state index in [0.717, 1.165) is 50.4 Å². The largest absolute Gasteiger partial charge is 0.398 e. The van der Waals surface area contributed by atoms with Crippen LogP contribution in [0.4, 0.5) is 0 Å². The van der Waals surface area contributed by atoms with Crippen LogP contribution in [0.25, 0.3) is 22.5 Å². The number of guanidine groups is 1. The summed E-state index contributed by atoms with van der Waals surface area (Å²) in [6, 6.07) is 57.4. The molecule has 6 heteroatoms. The minimum atomic E-state index is -0.603. The van der Waals surface area contributed by atoms with E-state index in [2.05, 4.69) is 89.5 Å². The van der Waals surface area contributed by atoms with Gasteiger partial charge in [0.2, 0.25) is 0 Å². The molecule has 6 aromatic carbocycles. The molecule has 0 saturated carbocycles. The van der Waals surface area contributed by atoms with Crippen molar-refractivity contribution in [3.63, 3.8) is 0 Å². The fourth-order valence-electron chi connectivity index (χ4n) is 6.02. The van der Waals surface area contributed by atoms with E-state index in [-0.39, 0.29) is 6.04 Å². The highest BCUT2D eigenvalue weighted by atomic mass is 15.2. The number of hydrogen-bond acceptors (Lipinski definition) is 4. The Hall–Kier alpha value is -6.50. The summed E-state index contributed by atoms with van der Waals surface area (Å²) in [5, 5.41) is 6.98. The van der Waals surface area contributed by atoms with Crippen LogP contribution < -0.4 is 22.1 Å². The minimum Gasteiger partial charge on any atom is -0.398 e. The molecule has 6 nitrogen and oxygen atoms in total. The lowest BCUT2D eigenvalue weighted by atomic mass is 10.0. The number of hydrogen-bond donors (Lipinski definition) is 4. The lowest BCUT2D eigenvalue weighted by molar-refractivity contribution is 0.709. The van der Waals surface area contributed by atoms with Gasteiger partial charge in [0.05, 0.1) is 18.3 Å². The standard InChI is InChI=1S/C45H40N6/c46-40(35-23-21-34(22-24-35)33-15-7-2-8-16-33)29-41(48-31-32-13-5-1-6-14-32)38-25-27-39(28-26-38)44(47)51-45-49-42(36-17-9-3-10-18-36)30-43(50-45)37-19-11-4-12-20-37/h1-30,42,44H,31,46-47H2,(H2,49,50,51)/b40-29-,48-41+. The lowest BCUT2D eigenvalue weighted by Gasteiger charge is -2.28. The first-order valence-corrected chi connectivity index (χ1v) is 17.1. The number of aliphatic imine (C=N–C) groups is 2. The number of benzene rings is 6. The summed E-state index contributed by atoms with van der Waals surface area (Å²) < 4.78 is 0. The van der Waals surface area contributed by atoms with Crippen molar-refractivity contribution >= 4 is 23.1 Å². The van der Waals surface area contributed by atoms with Gasteiger partial charge < -0.3 is 22.1 Å². The zero-order valence-corrected chi connectivity index (χ0v) is 28.2. The quantitative estimate of drug-likeness (QED) is 0.110. The van der Waals surface area contributed by atoms with Crippen LogP contribution in [0, 0.1) is 0 Å². The maximum Gasteiger partial charge on any atom is 0.198 e. The summed E-state index contributed by atoms with van der Waals surface area (Å²) in [5.74, 6) is 0.612. The lowest BCUT2D eigenvalue weighted by Crippen LogP contribution is -2.43. The number of nitrogens with zero attached hydrogens (tertiary/aromatic N) is 2. The predicted molar refractivity (Wildman–Crippen MR) is 211 cm³/mol. The third-order valence-corrected chi connectivity index (χ3v) is 8.83. The number of nitrogens with one attached hydrogen (secondary N) is 2. The highest BCUT2D eigenvalue weighted by molar-refractivity contribution is 6.12. The van der Waals surface area contributed by atoms with E-state index in [0.29, 0.717) is 18.2 Å². The Labute approximate surface area is 299 Å². The fraction of sp³-hybridized carbons (Fsp3) is 0.0667. The fourth-order valence-corrected chi connectivity index (χ4v) is 6.02. The molecular formula is C45H40N6. The van der Waals surface area contributed by atoms with Crippen molar-refractivity contribution in [2.24, 2.45) is 21.5 Å². The SMILES string of the molecule is N/C(=C\C(=N/Cc1ccccc1)c1ccc(C(N)/N=C2\NC(c3ccccc3)=CC(c3ccccc3)N2)cc1)c1ccc(-c2ccccc2)cc1. The van der Waals surface area contributed by atoms with E-state index < -0.39 is 6.17 Å². The molecule has 0 bridgehead atoms. The molecule has 7 rings (SSSR count). The summed E-state index contributed by atoms with van der Waals surface area (Å²) in [7, 11) is 0. The average Bonchev–Trinajstić information content (AvgIpc) is 3.21. The van der Waals surface area contributed by atoms with Gasteiger partial charge in [0.1, 0.15) is 6.17 Å². The summed E-state index contributed by atoms with van der Waals surface area (Å²) in [4.78, 5) is 9.91. The molecule has 0 fully saturated rings. The van der Waals surface area contributed by atoms with Gasteiger partial charge >= 0.3 is 0 Å². The molecule has 0 aliphatic carbocycles. The molecule has 0 saturated heterocycles. The topological polar surface area (TPSA) is 101 Å². The van der Waals surface area contributed by atoms with E-state index >= 15 is 0 Å². The second-order valence-corrected chi connectivity index (χ2v) is 12.4. The average molecular weight is 665 g/mol. The number of nitrogens with two attached hydrogens (primary N) is 2. The molecule has 6 N–H and O–H groups in total. The zero-order valence-electron chi connectivity index (χ0n) is 28.2. The van der Waals surface area contributed by atoms with Gasteiger partial charge in [-0.1, -0.05) is 170 Å². The Bertz CT molecular complexity index is 2160. The summed E-state index contributed by atoms with van der Waals surface area (Å²) in [6.45, 7) is 0.527. The van der Waals surface area contributed by atoms with Gasteiger partial charge in [-0.05, 0) is 56.7 Å². The van der Waals surface area contributed by atoms with E-state index in [1.165, 1.54) is 5.56 Å². The summed E-state index contributed by atoms with van der Waals surface area (Å²) >= 11 is 0. The molecule has 2 unspecified atom stereocenters. The molecule has 0 spiro atoms. The van der Waals surface area contributed by atoms with Crippen LogP contribution in [0.15, 0.2) is 192 Å². The first-order chi connectivity index (χ1) is 25.1. The van der Waals surface area contributed by atoms with Gasteiger partial charge in [0.25, 0.3) is 0 Å². The Morgan fingerprint density at radius 1 is 0.627 bits per heavy atom. The van der Waals surface area contributed by atoms with Gasteiger partial charge in [-0.15, -0.1) is 0 Å². The highest BCUT2D eigenvalue weighted by Gasteiger charge is 2.20. The van der Waals surface area contributed by atoms with Crippen LogP contribution in [-0.4, -0.2) is 11.7 Å². The molecule has 0 amide bonds. The van der Waals surface area contributed by atoms with Crippen molar-refractivity contribution in [2.45, 2.75) is 18.8 Å². The van der Waals surface area contributed by atoms with Crippen LogP contribution in [0.2, 0.25) is 0 Å².